The summed E-state index contributed by atoms with van der Waals surface area (Å²) in [6.07, 6.45) is 11.6. The van der Waals surface area contributed by atoms with Gasteiger partial charge < -0.3 is 9.97 Å². The highest BCUT2D eigenvalue weighted by Crippen LogP contribution is 2.27. The van der Waals surface area contributed by atoms with Crippen molar-refractivity contribution in [2.45, 2.75) is 59.3 Å². The van der Waals surface area contributed by atoms with Crippen LogP contribution in [0.5, 0.6) is 0 Å². The molecule has 1 atom stereocenters. The molecule has 0 aliphatic carbocycles. The molecule has 2 aromatic carbocycles. The minimum absolute atomic E-state index is 0.688. The summed E-state index contributed by atoms with van der Waals surface area (Å²) in [5, 5.41) is 2.80. The average Bonchev–Trinajstić information content (AvgIpc) is 3.31. The zero-order valence-electron chi connectivity index (χ0n) is 18.1. The number of aryl methyl sites for hydroxylation is 2. The second-order valence-electron chi connectivity index (χ2n) is 9.15. The molecule has 0 fully saturated rings. The first-order valence-corrected chi connectivity index (χ1v) is 11.2. The van der Waals surface area contributed by atoms with Crippen LogP contribution in [-0.2, 0) is 19.3 Å². The van der Waals surface area contributed by atoms with Crippen molar-refractivity contribution in [3.63, 3.8) is 0 Å². The van der Waals surface area contributed by atoms with E-state index >= 15 is 0 Å². The van der Waals surface area contributed by atoms with Gasteiger partial charge in [0, 0.05) is 34.2 Å². The van der Waals surface area contributed by atoms with Gasteiger partial charge >= 0.3 is 0 Å². The lowest BCUT2D eigenvalue weighted by atomic mass is 9.93. The summed E-state index contributed by atoms with van der Waals surface area (Å²) in [6, 6.07) is 15.5. The van der Waals surface area contributed by atoms with Gasteiger partial charge in [-0.2, -0.15) is 0 Å². The standard InChI is InChI=1S/C27H34N2/c1-19(2)14-15-23-18-29-27-21(9-7-12-25(23)27)16-20(3)8-6-10-22-17-28-26-13-5-4-11-24(22)26/h4-5,7,9,11-13,17-20,28-29H,6,8,10,14-16H2,1-3H3. The van der Waals surface area contributed by atoms with Crippen molar-refractivity contribution < 1.29 is 0 Å². The molecule has 0 radical (unpaired) electrons. The Morgan fingerprint density at radius 1 is 0.724 bits per heavy atom. The molecule has 0 saturated heterocycles. The molecule has 152 valence electrons. The van der Waals surface area contributed by atoms with Crippen LogP contribution < -0.4 is 0 Å². The van der Waals surface area contributed by atoms with E-state index in [0.717, 1.165) is 18.8 Å². The molecule has 0 spiro atoms. The van der Waals surface area contributed by atoms with Crippen LogP contribution in [0.2, 0.25) is 0 Å². The fourth-order valence-corrected chi connectivity index (χ4v) is 4.55. The Bertz CT molecular complexity index is 1070. The summed E-state index contributed by atoms with van der Waals surface area (Å²) in [4.78, 5) is 6.98. The van der Waals surface area contributed by atoms with Crippen molar-refractivity contribution in [1.29, 1.82) is 0 Å². The van der Waals surface area contributed by atoms with E-state index in [1.54, 1.807) is 0 Å². The second kappa shape index (κ2) is 8.90. The first kappa shape index (κ1) is 19.8. The van der Waals surface area contributed by atoms with Crippen LogP contribution >= 0.6 is 0 Å². The maximum absolute atomic E-state index is 3.58. The smallest absolute Gasteiger partial charge is 0.0489 e. The lowest BCUT2D eigenvalue weighted by molar-refractivity contribution is 0.509. The molecule has 29 heavy (non-hydrogen) atoms. The van der Waals surface area contributed by atoms with Gasteiger partial charge in [0.1, 0.15) is 0 Å². The zero-order chi connectivity index (χ0) is 20.2. The van der Waals surface area contributed by atoms with E-state index < -0.39 is 0 Å². The second-order valence-corrected chi connectivity index (χ2v) is 9.15. The van der Waals surface area contributed by atoms with Gasteiger partial charge in [0.15, 0.2) is 0 Å². The highest BCUT2D eigenvalue weighted by atomic mass is 14.7. The topological polar surface area (TPSA) is 31.6 Å². The third-order valence-electron chi connectivity index (χ3n) is 6.26. The van der Waals surface area contributed by atoms with Gasteiger partial charge in [0.05, 0.1) is 0 Å². The van der Waals surface area contributed by atoms with Crippen LogP contribution in [0.15, 0.2) is 54.9 Å². The molecule has 2 heteroatoms. The minimum atomic E-state index is 0.688. The number of benzene rings is 2. The molecule has 0 amide bonds. The summed E-state index contributed by atoms with van der Waals surface area (Å²) in [5.74, 6) is 1.44. The number of aromatic amines is 2. The van der Waals surface area contributed by atoms with Gasteiger partial charge in [-0.1, -0.05) is 63.6 Å². The van der Waals surface area contributed by atoms with Gasteiger partial charge in [-0.05, 0) is 66.7 Å². The number of para-hydroxylation sites is 2. The highest BCUT2D eigenvalue weighted by Gasteiger charge is 2.11. The van der Waals surface area contributed by atoms with E-state index in [4.69, 9.17) is 0 Å². The van der Waals surface area contributed by atoms with Crippen LogP contribution in [0.4, 0.5) is 0 Å². The Morgan fingerprint density at radius 3 is 2.34 bits per heavy atom. The first-order chi connectivity index (χ1) is 14.1. The van der Waals surface area contributed by atoms with Crippen molar-refractivity contribution in [2.24, 2.45) is 11.8 Å². The van der Waals surface area contributed by atoms with Gasteiger partial charge in [-0.3, -0.25) is 0 Å². The average molecular weight is 387 g/mol. The number of H-pyrrole nitrogens is 2. The van der Waals surface area contributed by atoms with E-state index in [-0.39, 0.29) is 0 Å². The highest BCUT2D eigenvalue weighted by molar-refractivity contribution is 5.86. The molecule has 0 aliphatic heterocycles. The zero-order valence-corrected chi connectivity index (χ0v) is 18.1. The van der Waals surface area contributed by atoms with Crippen molar-refractivity contribution in [2.75, 3.05) is 0 Å². The third kappa shape index (κ3) is 4.58. The molecular formula is C27H34N2. The summed E-state index contributed by atoms with van der Waals surface area (Å²) in [7, 11) is 0. The first-order valence-electron chi connectivity index (χ1n) is 11.2. The van der Waals surface area contributed by atoms with Crippen molar-refractivity contribution >= 4 is 21.8 Å². The number of fused-ring (bicyclic) bond motifs is 2. The van der Waals surface area contributed by atoms with Gasteiger partial charge in [-0.15, -0.1) is 0 Å². The van der Waals surface area contributed by atoms with E-state index in [0.29, 0.717) is 5.92 Å². The van der Waals surface area contributed by atoms with Crippen LogP contribution in [0.25, 0.3) is 21.8 Å². The summed E-state index contributed by atoms with van der Waals surface area (Å²) in [6.45, 7) is 7.01. The molecular weight excluding hydrogens is 352 g/mol. The van der Waals surface area contributed by atoms with Gasteiger partial charge in [-0.25, -0.2) is 0 Å². The molecule has 2 aromatic heterocycles. The maximum atomic E-state index is 3.58. The Hall–Kier alpha value is -2.48. The molecule has 1 unspecified atom stereocenters. The summed E-state index contributed by atoms with van der Waals surface area (Å²) < 4.78 is 0. The van der Waals surface area contributed by atoms with Crippen molar-refractivity contribution in [1.82, 2.24) is 9.97 Å². The quantitative estimate of drug-likeness (QED) is 0.299. The summed E-state index contributed by atoms with van der Waals surface area (Å²) in [5.41, 5.74) is 7.01. The molecule has 0 bridgehead atoms. The number of hydrogen-bond acceptors (Lipinski definition) is 0. The Morgan fingerprint density at radius 2 is 1.48 bits per heavy atom. The van der Waals surface area contributed by atoms with Crippen molar-refractivity contribution in [3.8, 4) is 0 Å². The van der Waals surface area contributed by atoms with Crippen LogP contribution in [0.3, 0.4) is 0 Å². The molecule has 2 nitrogen and oxygen atoms in total. The van der Waals surface area contributed by atoms with Crippen LogP contribution in [-0.4, -0.2) is 9.97 Å². The predicted molar refractivity (Wildman–Crippen MR) is 126 cm³/mol. The lowest BCUT2D eigenvalue weighted by Crippen LogP contribution is -2.01. The van der Waals surface area contributed by atoms with Crippen LogP contribution in [0, 0.1) is 11.8 Å². The van der Waals surface area contributed by atoms with Gasteiger partial charge in [0.2, 0.25) is 0 Å². The number of aromatic nitrogens is 2. The molecule has 0 saturated carbocycles. The Balaban J connectivity index is 1.37. The van der Waals surface area contributed by atoms with E-state index in [9.17, 15) is 0 Å². The SMILES string of the molecule is CC(C)CCc1c[nH]c2c(CC(C)CCCc3c[nH]c4ccccc34)cccc12. The van der Waals surface area contributed by atoms with Crippen molar-refractivity contribution in [3.05, 3.63) is 71.5 Å². The maximum Gasteiger partial charge on any atom is 0.0489 e. The minimum Gasteiger partial charge on any atom is -0.361 e. The molecule has 4 aromatic rings. The molecule has 2 heterocycles. The van der Waals surface area contributed by atoms with E-state index in [1.807, 2.05) is 0 Å². The van der Waals surface area contributed by atoms with Crippen LogP contribution in [0.1, 0.15) is 56.7 Å². The number of nitrogens with one attached hydrogen (secondary N) is 2. The number of hydrogen-bond donors (Lipinski definition) is 2. The molecule has 2 N–H and O–H groups in total. The normalized spacial score (nSPS) is 13.0. The van der Waals surface area contributed by atoms with E-state index in [1.165, 1.54) is 64.2 Å². The lowest BCUT2D eigenvalue weighted by Gasteiger charge is -2.12. The van der Waals surface area contributed by atoms with Gasteiger partial charge in [0.25, 0.3) is 0 Å². The fraction of sp³-hybridized carbons (Fsp3) is 0.407. The molecule has 4 rings (SSSR count). The largest absolute Gasteiger partial charge is 0.361 e. The van der Waals surface area contributed by atoms with E-state index in [2.05, 4.69) is 85.6 Å². The summed E-state index contributed by atoms with van der Waals surface area (Å²) >= 11 is 0. The monoisotopic (exact) mass is 386 g/mol. The Labute approximate surface area is 174 Å². The predicted octanol–water partition coefficient (Wildman–Crippen LogP) is 7.44. The fourth-order valence-electron chi connectivity index (χ4n) is 4.55. The third-order valence-corrected chi connectivity index (χ3v) is 6.26. The Kier molecular flexibility index (Phi) is 6.08. The molecule has 0 aliphatic rings. The number of rotatable bonds is 9.